The summed E-state index contributed by atoms with van der Waals surface area (Å²) in [4.78, 5) is 91.4. The Hall–Kier alpha value is -4.79. The molecule has 15 heteroatoms. The predicted molar refractivity (Wildman–Crippen MR) is 178 cm³/mol. The minimum atomic E-state index is -1.56. The number of aliphatic carboxylic acids is 1. The largest absolute Gasteiger partial charge is 0.480 e. The van der Waals surface area contributed by atoms with Crippen LogP contribution in [-0.4, -0.2) is 80.7 Å². The van der Waals surface area contributed by atoms with Crippen LogP contribution in [0.3, 0.4) is 0 Å². The van der Waals surface area contributed by atoms with Gasteiger partial charge in [-0.25, -0.2) is 4.79 Å². The molecule has 1 aromatic carbocycles. The molecule has 0 saturated heterocycles. The molecular formula is C33H49N7O8. The topological polar surface area (TPSA) is 242 Å². The second-order valence-electron chi connectivity index (χ2n) is 12.8. The number of benzene rings is 1. The highest BCUT2D eigenvalue weighted by atomic mass is 16.4. The van der Waals surface area contributed by atoms with E-state index in [1.165, 1.54) is 20.8 Å². The number of carbonyl (C=O) groups is 7. The normalized spacial score (nSPS) is 15.2. The number of amides is 6. The molecule has 15 nitrogen and oxygen atoms in total. The van der Waals surface area contributed by atoms with Gasteiger partial charge in [0.2, 0.25) is 35.4 Å². The zero-order valence-electron chi connectivity index (χ0n) is 28.6. The minimum Gasteiger partial charge on any atom is -0.480 e. The third-order valence-corrected chi connectivity index (χ3v) is 8.43. The zero-order valence-corrected chi connectivity index (χ0v) is 28.6. The standard InChI is InChI=1S/C33H49N7O8/c1-8-18(3)26(28(44)37-25(42)15-14-24(29(45)46)36-19(4)41)38-30(47)32(5,6)40-31(48)33(7,9-2)39-27(43)22(34)16-20-17-35-23-13-11-10-12-21(20)23/h10-13,17-18,22,24,26,35H,8-9,14-16,34H2,1-7H3,(H,36,41)(H,38,47)(H,39,43)(H,40,48)(H,45,46)(H,37,42,44). The van der Waals surface area contributed by atoms with Crippen molar-refractivity contribution in [2.24, 2.45) is 11.7 Å². The number of fused-ring (bicyclic) bond motifs is 1. The molecular weight excluding hydrogens is 622 g/mol. The van der Waals surface area contributed by atoms with Crippen molar-refractivity contribution in [1.82, 2.24) is 31.6 Å². The van der Waals surface area contributed by atoms with Gasteiger partial charge in [-0.05, 0) is 57.6 Å². The predicted octanol–water partition coefficient (Wildman–Crippen LogP) is 0.761. The van der Waals surface area contributed by atoms with Crippen LogP contribution in [0.15, 0.2) is 30.5 Å². The average Bonchev–Trinajstić information content (AvgIpc) is 3.42. The van der Waals surface area contributed by atoms with E-state index in [2.05, 4.69) is 31.6 Å². The van der Waals surface area contributed by atoms with Crippen molar-refractivity contribution in [2.75, 3.05) is 0 Å². The number of carboxylic acids is 1. The van der Waals surface area contributed by atoms with E-state index in [1.807, 2.05) is 24.3 Å². The molecule has 0 saturated carbocycles. The molecule has 0 spiro atoms. The second kappa shape index (κ2) is 16.9. The smallest absolute Gasteiger partial charge is 0.326 e. The van der Waals surface area contributed by atoms with Gasteiger partial charge < -0.3 is 37.1 Å². The molecule has 0 aliphatic rings. The van der Waals surface area contributed by atoms with E-state index in [0.29, 0.717) is 6.42 Å². The number of H-pyrrole nitrogens is 1. The fraction of sp³-hybridized carbons (Fsp3) is 0.545. The number of nitrogens with two attached hydrogens (primary N) is 1. The van der Waals surface area contributed by atoms with E-state index in [9.17, 15) is 38.7 Å². The molecule has 1 heterocycles. The van der Waals surface area contributed by atoms with Crippen LogP contribution >= 0.6 is 0 Å². The molecule has 0 radical (unpaired) electrons. The molecule has 0 fully saturated rings. The van der Waals surface area contributed by atoms with Gasteiger partial charge in [0.05, 0.1) is 6.04 Å². The first-order valence-corrected chi connectivity index (χ1v) is 15.9. The molecule has 9 N–H and O–H groups in total. The van der Waals surface area contributed by atoms with Gasteiger partial charge >= 0.3 is 5.97 Å². The van der Waals surface area contributed by atoms with Crippen molar-refractivity contribution in [1.29, 1.82) is 0 Å². The Labute approximate surface area is 279 Å². The van der Waals surface area contributed by atoms with E-state index in [1.54, 1.807) is 27.0 Å². The minimum absolute atomic E-state index is 0.173. The van der Waals surface area contributed by atoms with Crippen molar-refractivity contribution in [3.05, 3.63) is 36.0 Å². The van der Waals surface area contributed by atoms with Gasteiger partial charge in [-0.3, -0.25) is 34.1 Å². The Bertz CT molecular complexity index is 1520. The molecule has 2 rings (SSSR count). The molecule has 48 heavy (non-hydrogen) atoms. The van der Waals surface area contributed by atoms with Crippen LogP contribution in [0.1, 0.15) is 79.7 Å². The lowest BCUT2D eigenvalue weighted by atomic mass is 9.92. The number of para-hydroxylation sites is 1. The van der Waals surface area contributed by atoms with Crippen LogP contribution in [0.4, 0.5) is 0 Å². The summed E-state index contributed by atoms with van der Waals surface area (Å²) in [7, 11) is 0. The average molecular weight is 672 g/mol. The Morgan fingerprint density at radius 1 is 0.938 bits per heavy atom. The first-order valence-electron chi connectivity index (χ1n) is 15.9. The third kappa shape index (κ3) is 10.6. The summed E-state index contributed by atoms with van der Waals surface area (Å²) in [6.45, 7) is 10.7. The summed E-state index contributed by atoms with van der Waals surface area (Å²) in [6, 6.07) is 4.16. The third-order valence-electron chi connectivity index (χ3n) is 8.43. The van der Waals surface area contributed by atoms with Crippen LogP contribution in [-0.2, 0) is 40.0 Å². The summed E-state index contributed by atoms with van der Waals surface area (Å²) in [5, 5.41) is 22.6. The molecule has 0 bridgehead atoms. The number of imide groups is 1. The van der Waals surface area contributed by atoms with Gasteiger partial charge in [0, 0.05) is 30.4 Å². The molecule has 5 unspecified atom stereocenters. The number of rotatable bonds is 17. The maximum atomic E-state index is 13.5. The molecule has 0 aliphatic heterocycles. The van der Waals surface area contributed by atoms with E-state index in [-0.39, 0.29) is 25.7 Å². The van der Waals surface area contributed by atoms with Crippen molar-refractivity contribution in [3.8, 4) is 0 Å². The van der Waals surface area contributed by atoms with E-state index < -0.39 is 76.5 Å². The molecule has 2 aromatic rings. The maximum Gasteiger partial charge on any atom is 0.326 e. The Balaban J connectivity index is 2.06. The first kappa shape index (κ1) is 39.4. The number of hydrogen-bond acceptors (Lipinski definition) is 8. The van der Waals surface area contributed by atoms with Crippen LogP contribution in [0.2, 0.25) is 0 Å². The number of carbonyl (C=O) groups excluding carboxylic acids is 6. The molecule has 5 atom stereocenters. The zero-order chi connectivity index (χ0) is 36.4. The second-order valence-corrected chi connectivity index (χ2v) is 12.8. The number of hydrogen-bond donors (Lipinski definition) is 8. The lowest BCUT2D eigenvalue weighted by Crippen LogP contribution is -2.66. The van der Waals surface area contributed by atoms with E-state index >= 15 is 0 Å². The van der Waals surface area contributed by atoms with Crippen LogP contribution in [0.25, 0.3) is 10.9 Å². The van der Waals surface area contributed by atoms with Gasteiger partial charge in [0.1, 0.15) is 23.2 Å². The van der Waals surface area contributed by atoms with Gasteiger partial charge in [-0.15, -0.1) is 0 Å². The first-order chi connectivity index (χ1) is 22.3. The monoisotopic (exact) mass is 671 g/mol. The quantitative estimate of drug-likeness (QED) is 0.118. The van der Waals surface area contributed by atoms with Crippen LogP contribution < -0.4 is 32.3 Å². The molecule has 1 aromatic heterocycles. The summed E-state index contributed by atoms with van der Waals surface area (Å²) >= 11 is 0. The number of carboxylic acid groups (broad SMARTS) is 1. The van der Waals surface area contributed by atoms with Crippen LogP contribution in [0, 0.1) is 5.92 Å². The SMILES string of the molecule is CCC(C)C(NC(=O)C(C)(C)NC(=O)C(C)(CC)NC(=O)C(N)Cc1c[nH]c2ccccc12)C(=O)NC(=O)CCC(NC(C)=O)C(=O)O. The van der Waals surface area contributed by atoms with Gasteiger partial charge in [0.25, 0.3) is 0 Å². The lowest BCUT2D eigenvalue weighted by molar-refractivity contribution is -0.142. The summed E-state index contributed by atoms with van der Waals surface area (Å²) in [5.41, 5.74) is 5.00. The lowest BCUT2D eigenvalue weighted by Gasteiger charge is -2.35. The molecule has 6 amide bonds. The van der Waals surface area contributed by atoms with Crippen LogP contribution in [0.5, 0.6) is 0 Å². The van der Waals surface area contributed by atoms with Gasteiger partial charge in [-0.2, -0.15) is 0 Å². The summed E-state index contributed by atoms with van der Waals surface area (Å²) in [6.07, 6.45) is 2.00. The van der Waals surface area contributed by atoms with E-state index in [4.69, 9.17) is 5.73 Å². The Kier molecular flexibility index (Phi) is 13.8. The number of aromatic amines is 1. The summed E-state index contributed by atoms with van der Waals surface area (Å²) in [5.74, 6) is -5.86. The van der Waals surface area contributed by atoms with Gasteiger partial charge in [-0.1, -0.05) is 45.4 Å². The molecule has 0 aliphatic carbocycles. The highest BCUT2D eigenvalue weighted by Crippen LogP contribution is 2.20. The van der Waals surface area contributed by atoms with Crippen molar-refractivity contribution < 1.29 is 38.7 Å². The van der Waals surface area contributed by atoms with E-state index in [0.717, 1.165) is 23.4 Å². The highest BCUT2D eigenvalue weighted by Gasteiger charge is 2.41. The summed E-state index contributed by atoms with van der Waals surface area (Å²) < 4.78 is 0. The van der Waals surface area contributed by atoms with Crippen molar-refractivity contribution in [2.45, 2.75) is 110 Å². The Morgan fingerprint density at radius 2 is 1.58 bits per heavy atom. The maximum absolute atomic E-state index is 13.5. The van der Waals surface area contributed by atoms with Crippen molar-refractivity contribution in [3.63, 3.8) is 0 Å². The molecule has 264 valence electrons. The fourth-order valence-electron chi connectivity index (χ4n) is 4.86. The number of aromatic nitrogens is 1. The Morgan fingerprint density at radius 3 is 2.17 bits per heavy atom. The van der Waals surface area contributed by atoms with Crippen molar-refractivity contribution >= 4 is 52.3 Å². The highest BCUT2D eigenvalue weighted by molar-refractivity contribution is 6.01. The fourth-order valence-corrected chi connectivity index (χ4v) is 4.86. The number of nitrogens with one attached hydrogen (secondary N) is 6. The van der Waals surface area contributed by atoms with Gasteiger partial charge in [0.15, 0.2) is 0 Å².